The third-order valence-corrected chi connectivity index (χ3v) is 4.40. The normalized spacial score (nSPS) is 18.9. The smallest absolute Gasteiger partial charge is 0.229 e. The van der Waals surface area contributed by atoms with Crippen LogP contribution in [-0.2, 0) is 11.2 Å². The Morgan fingerprint density at radius 1 is 1.48 bits per heavy atom. The number of thioether (sulfide) groups is 1. The summed E-state index contributed by atoms with van der Waals surface area (Å²) in [5.74, 6) is 2.72. The van der Waals surface area contributed by atoms with Crippen molar-refractivity contribution in [2.24, 2.45) is 5.73 Å². The van der Waals surface area contributed by atoms with E-state index in [0.29, 0.717) is 24.7 Å². The molecule has 0 saturated carbocycles. The quantitative estimate of drug-likeness (QED) is 0.901. The molecule has 1 aromatic carbocycles. The van der Waals surface area contributed by atoms with Gasteiger partial charge in [-0.05, 0) is 12.1 Å². The molecule has 2 aromatic rings. The van der Waals surface area contributed by atoms with Crippen molar-refractivity contribution < 1.29 is 14.0 Å². The van der Waals surface area contributed by atoms with Crippen LogP contribution in [0.25, 0.3) is 0 Å². The van der Waals surface area contributed by atoms with Crippen molar-refractivity contribution in [3.05, 3.63) is 36.0 Å². The predicted molar refractivity (Wildman–Crippen MR) is 78.4 cm³/mol. The summed E-state index contributed by atoms with van der Waals surface area (Å²) in [6.45, 7) is 0.414. The van der Waals surface area contributed by atoms with Gasteiger partial charge in [-0.25, -0.2) is 0 Å². The third-order valence-electron chi connectivity index (χ3n) is 3.28. The lowest BCUT2D eigenvalue weighted by atomic mass is 10.2. The molecule has 0 amide bonds. The zero-order valence-corrected chi connectivity index (χ0v) is 12.5. The first kappa shape index (κ1) is 14.4. The van der Waals surface area contributed by atoms with E-state index in [0.717, 1.165) is 16.4 Å². The Kier molecular flexibility index (Phi) is 4.42. The number of para-hydroxylation sites is 1. The Morgan fingerprint density at radius 2 is 2.33 bits per heavy atom. The van der Waals surface area contributed by atoms with Gasteiger partial charge in [-0.15, -0.1) is 11.8 Å². The van der Waals surface area contributed by atoms with Crippen molar-refractivity contribution >= 4 is 11.8 Å². The van der Waals surface area contributed by atoms with Crippen molar-refractivity contribution in [1.29, 1.82) is 0 Å². The molecule has 2 heterocycles. The van der Waals surface area contributed by atoms with Gasteiger partial charge in [0.15, 0.2) is 6.10 Å². The molecule has 1 aliphatic heterocycles. The molecule has 1 aromatic heterocycles. The van der Waals surface area contributed by atoms with Crippen molar-refractivity contribution in [3.8, 4) is 5.75 Å². The maximum Gasteiger partial charge on any atom is 0.229 e. The molecule has 6 nitrogen and oxygen atoms in total. The molecule has 0 radical (unpaired) electrons. The highest BCUT2D eigenvalue weighted by atomic mass is 32.2. The minimum Gasteiger partial charge on any atom is -0.480 e. The maximum atomic E-state index is 5.93. The lowest BCUT2D eigenvalue weighted by Gasteiger charge is -2.22. The van der Waals surface area contributed by atoms with Crippen molar-refractivity contribution in [2.75, 3.05) is 19.4 Å². The van der Waals surface area contributed by atoms with E-state index in [9.17, 15) is 0 Å². The molecule has 0 saturated heterocycles. The van der Waals surface area contributed by atoms with E-state index in [4.69, 9.17) is 19.7 Å². The predicted octanol–water partition coefficient (Wildman–Crippen LogP) is 1.81. The van der Waals surface area contributed by atoms with E-state index in [2.05, 4.69) is 10.1 Å². The highest BCUT2D eigenvalue weighted by Gasteiger charge is 2.26. The molecule has 21 heavy (non-hydrogen) atoms. The number of aromatic nitrogens is 2. The van der Waals surface area contributed by atoms with Gasteiger partial charge in [0.25, 0.3) is 0 Å². The fourth-order valence-corrected chi connectivity index (χ4v) is 3.07. The van der Waals surface area contributed by atoms with Gasteiger partial charge in [0.1, 0.15) is 5.75 Å². The van der Waals surface area contributed by atoms with Crippen molar-refractivity contribution in [3.63, 3.8) is 0 Å². The summed E-state index contributed by atoms with van der Waals surface area (Å²) in [5, 5.41) is 4.01. The monoisotopic (exact) mass is 307 g/mol. The first-order chi connectivity index (χ1) is 10.3. The fourth-order valence-electron chi connectivity index (χ4n) is 2.09. The van der Waals surface area contributed by atoms with Crippen LogP contribution in [0.1, 0.15) is 17.8 Å². The van der Waals surface area contributed by atoms with Crippen LogP contribution in [0.3, 0.4) is 0 Å². The van der Waals surface area contributed by atoms with Gasteiger partial charge in [0.05, 0.1) is 12.5 Å². The van der Waals surface area contributed by atoms with Gasteiger partial charge < -0.3 is 19.7 Å². The van der Waals surface area contributed by atoms with Gasteiger partial charge in [0, 0.05) is 24.3 Å². The van der Waals surface area contributed by atoms with Gasteiger partial charge in [0.2, 0.25) is 11.7 Å². The number of nitrogens with zero attached hydrogens (tertiary/aromatic N) is 2. The molecule has 0 bridgehead atoms. The largest absolute Gasteiger partial charge is 0.480 e. The maximum absolute atomic E-state index is 5.93. The number of hydrogen-bond acceptors (Lipinski definition) is 7. The first-order valence-corrected chi connectivity index (χ1v) is 7.72. The summed E-state index contributed by atoms with van der Waals surface area (Å²) in [6, 6.07) is 7.95. The number of rotatable bonds is 5. The van der Waals surface area contributed by atoms with Crippen LogP contribution in [0.2, 0.25) is 0 Å². The molecule has 2 unspecified atom stereocenters. The second kappa shape index (κ2) is 6.46. The zero-order valence-electron chi connectivity index (χ0n) is 11.7. The average molecular weight is 307 g/mol. The Balaban J connectivity index is 1.70. The molecule has 1 aliphatic rings. The van der Waals surface area contributed by atoms with Gasteiger partial charge in [-0.3, -0.25) is 0 Å². The summed E-state index contributed by atoms with van der Waals surface area (Å²) < 4.78 is 16.4. The van der Waals surface area contributed by atoms with Crippen LogP contribution in [0.4, 0.5) is 0 Å². The molecule has 112 valence electrons. The van der Waals surface area contributed by atoms with E-state index >= 15 is 0 Å². The van der Waals surface area contributed by atoms with Crippen LogP contribution in [0.5, 0.6) is 5.75 Å². The third kappa shape index (κ3) is 3.20. The van der Waals surface area contributed by atoms with Crippen molar-refractivity contribution in [2.45, 2.75) is 23.5 Å². The van der Waals surface area contributed by atoms with Crippen molar-refractivity contribution in [1.82, 2.24) is 10.1 Å². The standard InChI is InChI=1S/C14H17N3O3S/c1-18-9(7-15)6-13-16-14(17-20-13)11-8-21-12-5-3-2-4-10(12)19-11/h2-5,9,11H,6-8,15H2,1H3. The summed E-state index contributed by atoms with van der Waals surface area (Å²) in [4.78, 5) is 5.53. The molecular formula is C14H17N3O3S. The first-order valence-electron chi connectivity index (χ1n) is 6.74. The SMILES string of the molecule is COC(CN)Cc1nc(C2CSc3ccccc3O2)no1. The molecular weight excluding hydrogens is 290 g/mol. The number of ether oxygens (including phenoxy) is 2. The number of fused-ring (bicyclic) bond motifs is 1. The van der Waals surface area contributed by atoms with Gasteiger partial charge >= 0.3 is 0 Å². The highest BCUT2D eigenvalue weighted by Crippen LogP contribution is 2.39. The number of benzene rings is 1. The van der Waals surface area contributed by atoms with E-state index in [-0.39, 0.29) is 12.2 Å². The number of methoxy groups -OCH3 is 1. The molecule has 0 aliphatic carbocycles. The molecule has 0 spiro atoms. The Bertz CT molecular complexity index is 601. The number of hydrogen-bond donors (Lipinski definition) is 1. The Labute approximate surface area is 127 Å². The average Bonchev–Trinajstić information content (AvgIpc) is 3.00. The number of nitrogens with two attached hydrogens (primary N) is 1. The van der Waals surface area contributed by atoms with Gasteiger partial charge in [-0.2, -0.15) is 4.98 Å². The molecule has 2 N–H and O–H groups in total. The van der Waals surface area contributed by atoms with E-state index in [1.54, 1.807) is 18.9 Å². The van der Waals surface area contributed by atoms with E-state index < -0.39 is 0 Å². The zero-order chi connectivity index (χ0) is 14.7. The summed E-state index contributed by atoms with van der Waals surface area (Å²) >= 11 is 1.73. The molecule has 2 atom stereocenters. The topological polar surface area (TPSA) is 83.4 Å². The lowest BCUT2D eigenvalue weighted by molar-refractivity contribution is 0.102. The summed E-state index contributed by atoms with van der Waals surface area (Å²) in [7, 11) is 1.62. The second-order valence-electron chi connectivity index (χ2n) is 4.71. The van der Waals surface area contributed by atoms with E-state index in [1.165, 1.54) is 0 Å². The highest BCUT2D eigenvalue weighted by molar-refractivity contribution is 7.99. The van der Waals surface area contributed by atoms with Crippen LogP contribution in [-0.4, -0.2) is 35.7 Å². The summed E-state index contributed by atoms with van der Waals surface area (Å²) in [6.07, 6.45) is 0.207. The molecule has 7 heteroatoms. The molecule has 0 fully saturated rings. The lowest BCUT2D eigenvalue weighted by Crippen LogP contribution is -2.24. The van der Waals surface area contributed by atoms with Crippen LogP contribution in [0.15, 0.2) is 33.7 Å². The Morgan fingerprint density at radius 3 is 3.14 bits per heavy atom. The van der Waals surface area contributed by atoms with Crippen LogP contribution < -0.4 is 10.5 Å². The Hall–Kier alpha value is -1.57. The molecule has 3 rings (SSSR count). The van der Waals surface area contributed by atoms with Crippen LogP contribution in [0, 0.1) is 0 Å². The minimum absolute atomic E-state index is 0.110. The van der Waals surface area contributed by atoms with Gasteiger partial charge in [-0.1, -0.05) is 17.3 Å². The van der Waals surface area contributed by atoms with Crippen LogP contribution >= 0.6 is 11.8 Å². The minimum atomic E-state index is -0.193. The summed E-state index contributed by atoms with van der Waals surface area (Å²) in [5.41, 5.74) is 5.59. The fraction of sp³-hybridized carbons (Fsp3) is 0.429. The second-order valence-corrected chi connectivity index (χ2v) is 5.77. The van der Waals surface area contributed by atoms with E-state index in [1.807, 2.05) is 24.3 Å².